The van der Waals surface area contributed by atoms with E-state index in [0.29, 0.717) is 12.6 Å². The quantitative estimate of drug-likeness (QED) is 0.576. The minimum atomic E-state index is -1.04. The van der Waals surface area contributed by atoms with Crippen LogP contribution < -0.4 is 4.74 Å². The summed E-state index contributed by atoms with van der Waals surface area (Å²) in [4.78, 5) is 4.29. The molecule has 0 N–H and O–H groups in total. The lowest BCUT2D eigenvalue weighted by atomic mass is 10.3. The number of aromatic nitrogens is 2. The maximum Gasteiger partial charge on any atom is 0.238 e. The molecule has 0 atom stereocenters. The van der Waals surface area contributed by atoms with Crippen LogP contribution in [0.1, 0.15) is 0 Å². The molecule has 0 aliphatic rings. The second-order valence-corrected chi connectivity index (χ2v) is 12.5. The van der Waals surface area contributed by atoms with E-state index in [2.05, 4.69) is 40.6 Å². The fourth-order valence-corrected chi connectivity index (χ4v) is 3.13. The standard InChI is InChI=1S/C14H21BrN2O2Si/c1-18-14-13-11(12(15)9-16-14)5-6-17(13)10-19-7-8-20(2,3)4/h5-6,9H,7-8,10H2,1-4H3. The fraction of sp³-hybridized carbons (Fsp3) is 0.500. The zero-order chi connectivity index (χ0) is 14.8. The molecule has 0 aliphatic heterocycles. The van der Waals surface area contributed by atoms with Crippen molar-refractivity contribution >= 4 is 34.9 Å². The van der Waals surface area contributed by atoms with Crippen molar-refractivity contribution in [2.24, 2.45) is 0 Å². The van der Waals surface area contributed by atoms with Gasteiger partial charge >= 0.3 is 0 Å². The van der Waals surface area contributed by atoms with Crippen molar-refractivity contribution < 1.29 is 9.47 Å². The average Bonchev–Trinajstić information content (AvgIpc) is 2.79. The Bertz CT molecular complexity index is 593. The van der Waals surface area contributed by atoms with E-state index in [1.54, 1.807) is 13.3 Å². The smallest absolute Gasteiger partial charge is 0.238 e. The summed E-state index contributed by atoms with van der Waals surface area (Å²) in [6.07, 6.45) is 3.77. The number of rotatable bonds is 6. The van der Waals surface area contributed by atoms with E-state index < -0.39 is 8.07 Å². The maximum absolute atomic E-state index is 5.80. The Hall–Kier alpha value is -0.853. The molecule has 0 aliphatic carbocycles. The third-order valence-electron chi connectivity index (χ3n) is 3.14. The van der Waals surface area contributed by atoms with Crippen LogP contribution in [-0.4, -0.2) is 31.3 Å². The van der Waals surface area contributed by atoms with E-state index in [-0.39, 0.29) is 0 Å². The highest BCUT2D eigenvalue weighted by Crippen LogP contribution is 2.30. The molecule has 4 nitrogen and oxygen atoms in total. The molecule has 110 valence electrons. The van der Waals surface area contributed by atoms with E-state index in [1.807, 2.05) is 16.8 Å². The molecular formula is C14H21BrN2O2Si. The van der Waals surface area contributed by atoms with Gasteiger partial charge < -0.3 is 14.0 Å². The SMILES string of the molecule is COc1ncc(Br)c2ccn(COCC[Si](C)(C)C)c12. The molecule has 0 radical (unpaired) electrons. The van der Waals surface area contributed by atoms with Gasteiger partial charge in [0.05, 0.1) is 7.11 Å². The van der Waals surface area contributed by atoms with Gasteiger partial charge in [0.25, 0.3) is 0 Å². The predicted molar refractivity (Wildman–Crippen MR) is 88.1 cm³/mol. The topological polar surface area (TPSA) is 36.3 Å². The summed E-state index contributed by atoms with van der Waals surface area (Å²) < 4.78 is 14.1. The molecule has 2 aromatic rings. The third kappa shape index (κ3) is 3.62. The van der Waals surface area contributed by atoms with Crippen LogP contribution >= 0.6 is 15.9 Å². The summed E-state index contributed by atoms with van der Waals surface area (Å²) in [6.45, 7) is 8.39. The van der Waals surface area contributed by atoms with Crippen molar-refractivity contribution in [1.82, 2.24) is 9.55 Å². The van der Waals surface area contributed by atoms with Gasteiger partial charge in [0, 0.05) is 36.9 Å². The summed E-state index contributed by atoms with van der Waals surface area (Å²) in [5.41, 5.74) is 0.967. The molecule has 20 heavy (non-hydrogen) atoms. The number of halogens is 1. The molecule has 0 saturated heterocycles. The van der Waals surface area contributed by atoms with Crippen molar-refractivity contribution in [3.05, 3.63) is 22.9 Å². The van der Waals surface area contributed by atoms with Crippen LogP contribution in [0.25, 0.3) is 10.9 Å². The van der Waals surface area contributed by atoms with Crippen molar-refractivity contribution in [3.63, 3.8) is 0 Å². The normalized spacial score (nSPS) is 12.1. The maximum atomic E-state index is 5.80. The molecule has 2 aromatic heterocycles. The summed E-state index contributed by atoms with van der Waals surface area (Å²) in [5, 5.41) is 1.09. The van der Waals surface area contributed by atoms with Crippen LogP contribution in [0.5, 0.6) is 5.88 Å². The number of pyridine rings is 1. The van der Waals surface area contributed by atoms with Crippen LogP contribution in [0.15, 0.2) is 22.9 Å². The van der Waals surface area contributed by atoms with Gasteiger partial charge in [-0.1, -0.05) is 19.6 Å². The third-order valence-corrected chi connectivity index (χ3v) is 5.47. The molecule has 0 saturated carbocycles. The van der Waals surface area contributed by atoms with Gasteiger partial charge in [-0.3, -0.25) is 0 Å². The minimum Gasteiger partial charge on any atom is -0.479 e. The number of nitrogens with zero attached hydrogens (tertiary/aromatic N) is 2. The molecule has 0 unspecified atom stereocenters. The van der Waals surface area contributed by atoms with Crippen molar-refractivity contribution in [2.45, 2.75) is 32.4 Å². The lowest BCUT2D eigenvalue weighted by Gasteiger charge is -2.16. The lowest BCUT2D eigenvalue weighted by Crippen LogP contribution is -2.22. The number of fused-ring (bicyclic) bond motifs is 1. The van der Waals surface area contributed by atoms with Crippen LogP contribution in [0, 0.1) is 0 Å². The first-order valence-electron chi connectivity index (χ1n) is 6.67. The van der Waals surface area contributed by atoms with Crippen molar-refractivity contribution in [2.75, 3.05) is 13.7 Å². The highest BCUT2D eigenvalue weighted by Gasteiger charge is 2.14. The van der Waals surface area contributed by atoms with Crippen LogP contribution in [0.4, 0.5) is 0 Å². The Morgan fingerprint density at radius 1 is 1.35 bits per heavy atom. The van der Waals surface area contributed by atoms with E-state index in [9.17, 15) is 0 Å². The van der Waals surface area contributed by atoms with Crippen molar-refractivity contribution in [3.8, 4) is 5.88 Å². The minimum absolute atomic E-state index is 0.530. The van der Waals surface area contributed by atoms with Crippen LogP contribution in [0.2, 0.25) is 25.7 Å². The second kappa shape index (κ2) is 6.28. The molecule has 6 heteroatoms. The molecule has 0 aromatic carbocycles. The Kier molecular flexibility index (Phi) is 4.88. The fourth-order valence-electron chi connectivity index (χ4n) is 1.95. The van der Waals surface area contributed by atoms with E-state index in [1.165, 1.54) is 6.04 Å². The number of hydrogen-bond acceptors (Lipinski definition) is 3. The van der Waals surface area contributed by atoms with Gasteiger partial charge in [-0.15, -0.1) is 0 Å². The molecule has 0 fully saturated rings. The zero-order valence-corrected chi connectivity index (χ0v) is 15.0. The second-order valence-electron chi connectivity index (χ2n) is 6.01. The van der Waals surface area contributed by atoms with Crippen molar-refractivity contribution in [1.29, 1.82) is 0 Å². The van der Waals surface area contributed by atoms with E-state index >= 15 is 0 Å². The summed E-state index contributed by atoms with van der Waals surface area (Å²) in [6, 6.07) is 3.22. The Balaban J connectivity index is 2.13. The highest BCUT2D eigenvalue weighted by atomic mass is 79.9. The zero-order valence-electron chi connectivity index (χ0n) is 12.4. The van der Waals surface area contributed by atoms with Gasteiger partial charge in [-0.2, -0.15) is 0 Å². The monoisotopic (exact) mass is 356 g/mol. The summed E-state index contributed by atoms with van der Waals surface area (Å²) >= 11 is 3.51. The van der Waals surface area contributed by atoms with Gasteiger partial charge in [0.2, 0.25) is 5.88 Å². The molecule has 0 spiro atoms. The first-order valence-corrected chi connectivity index (χ1v) is 11.2. The van der Waals surface area contributed by atoms with Gasteiger partial charge in [-0.25, -0.2) is 4.98 Å². The highest BCUT2D eigenvalue weighted by molar-refractivity contribution is 9.10. The molecule has 0 bridgehead atoms. The number of ether oxygens (including phenoxy) is 2. The van der Waals surface area contributed by atoms with E-state index in [4.69, 9.17) is 9.47 Å². The van der Waals surface area contributed by atoms with Gasteiger partial charge in [0.1, 0.15) is 12.2 Å². The average molecular weight is 357 g/mol. The molecular weight excluding hydrogens is 336 g/mol. The predicted octanol–water partition coefficient (Wildman–Crippen LogP) is 4.12. The Morgan fingerprint density at radius 3 is 2.75 bits per heavy atom. The van der Waals surface area contributed by atoms with E-state index in [0.717, 1.165) is 22.0 Å². The lowest BCUT2D eigenvalue weighted by molar-refractivity contribution is 0.0899. The number of hydrogen-bond donors (Lipinski definition) is 0. The first-order chi connectivity index (χ1) is 9.42. The first kappa shape index (κ1) is 15.5. The Morgan fingerprint density at radius 2 is 2.10 bits per heavy atom. The molecule has 0 amide bonds. The van der Waals surface area contributed by atoms with Crippen LogP contribution in [0.3, 0.4) is 0 Å². The van der Waals surface area contributed by atoms with Crippen LogP contribution in [-0.2, 0) is 11.5 Å². The summed E-state index contributed by atoms with van der Waals surface area (Å²) in [7, 11) is 0.599. The summed E-state index contributed by atoms with van der Waals surface area (Å²) in [5.74, 6) is 0.627. The van der Waals surface area contributed by atoms with Gasteiger partial charge in [-0.05, 0) is 28.0 Å². The number of methoxy groups -OCH3 is 1. The van der Waals surface area contributed by atoms with Gasteiger partial charge in [0.15, 0.2) is 0 Å². The Labute approximate surface area is 129 Å². The largest absolute Gasteiger partial charge is 0.479 e. The molecule has 2 rings (SSSR count). The molecule has 2 heterocycles.